The third-order valence-corrected chi connectivity index (χ3v) is 4.39. The highest BCUT2D eigenvalue weighted by molar-refractivity contribution is 7.99. The molecular weight excluding hydrogens is 290 g/mol. The quantitative estimate of drug-likeness (QED) is 0.832. The monoisotopic (exact) mass is 307 g/mol. The summed E-state index contributed by atoms with van der Waals surface area (Å²) >= 11 is 1.36. The number of amides is 1. The Hall–Kier alpha value is -1.90. The fraction of sp³-hybridized carbons (Fsp3) is 0.583. The molecule has 0 unspecified atom stereocenters. The first kappa shape index (κ1) is 14.1. The molecule has 8 nitrogen and oxygen atoms in total. The molecule has 1 saturated carbocycles. The largest absolute Gasteiger partial charge is 0.322 e. The summed E-state index contributed by atoms with van der Waals surface area (Å²) in [5.41, 5.74) is 2.54. The zero-order valence-electron chi connectivity index (χ0n) is 12.2. The maximum atomic E-state index is 12.1. The number of carbonyl (C=O) groups excluding carboxylic acids is 1. The third kappa shape index (κ3) is 2.92. The molecule has 3 rings (SSSR count). The smallest absolute Gasteiger partial charge is 0.234 e. The van der Waals surface area contributed by atoms with Crippen molar-refractivity contribution >= 4 is 23.4 Å². The number of nitrogens with zero attached hydrogens (tertiary/aromatic N) is 6. The van der Waals surface area contributed by atoms with Gasteiger partial charge in [0.2, 0.25) is 11.1 Å². The fourth-order valence-corrected chi connectivity index (χ4v) is 2.83. The van der Waals surface area contributed by atoms with E-state index in [4.69, 9.17) is 0 Å². The van der Waals surface area contributed by atoms with Crippen LogP contribution in [0, 0.1) is 13.8 Å². The van der Waals surface area contributed by atoms with Crippen LogP contribution in [0.4, 0.5) is 5.69 Å². The molecule has 1 fully saturated rings. The molecule has 2 aromatic heterocycles. The summed E-state index contributed by atoms with van der Waals surface area (Å²) in [5.74, 6) is 0.200. The predicted octanol–water partition coefficient (Wildman–Crippen LogP) is 1.09. The lowest BCUT2D eigenvalue weighted by Gasteiger charge is -2.05. The summed E-state index contributed by atoms with van der Waals surface area (Å²) in [6, 6.07) is 0.411. The van der Waals surface area contributed by atoms with Gasteiger partial charge in [-0.2, -0.15) is 5.10 Å². The molecule has 112 valence electrons. The average molecular weight is 307 g/mol. The van der Waals surface area contributed by atoms with E-state index in [1.807, 2.05) is 20.9 Å². The normalized spacial score (nSPS) is 14.4. The van der Waals surface area contributed by atoms with Crippen LogP contribution in [0.1, 0.15) is 30.3 Å². The second kappa shape index (κ2) is 5.47. The zero-order valence-corrected chi connectivity index (χ0v) is 13.0. The molecule has 1 aliphatic rings. The summed E-state index contributed by atoms with van der Waals surface area (Å²) in [6.07, 6.45) is 2.22. The van der Waals surface area contributed by atoms with Crippen LogP contribution in [0.3, 0.4) is 0 Å². The second-order valence-corrected chi connectivity index (χ2v) is 6.09. The topological polar surface area (TPSA) is 90.5 Å². The van der Waals surface area contributed by atoms with Crippen LogP contribution < -0.4 is 5.32 Å². The summed E-state index contributed by atoms with van der Waals surface area (Å²) < 4.78 is 3.56. The van der Waals surface area contributed by atoms with Crippen molar-refractivity contribution in [3.05, 3.63) is 11.4 Å². The number of tetrazole rings is 1. The number of thioether (sulfide) groups is 1. The Kier molecular flexibility index (Phi) is 3.66. The van der Waals surface area contributed by atoms with Crippen LogP contribution in [0.2, 0.25) is 0 Å². The molecule has 0 bridgehead atoms. The molecule has 2 heterocycles. The third-order valence-electron chi connectivity index (χ3n) is 3.46. The van der Waals surface area contributed by atoms with Gasteiger partial charge in [0.25, 0.3) is 0 Å². The number of aryl methyl sites for hydroxylation is 2. The summed E-state index contributed by atoms with van der Waals surface area (Å²) in [7, 11) is 1.86. The van der Waals surface area contributed by atoms with E-state index in [-0.39, 0.29) is 11.7 Å². The van der Waals surface area contributed by atoms with E-state index in [9.17, 15) is 4.79 Å². The number of nitrogens with one attached hydrogen (secondary N) is 1. The lowest BCUT2D eigenvalue weighted by molar-refractivity contribution is -0.113. The van der Waals surface area contributed by atoms with Gasteiger partial charge in [-0.25, -0.2) is 4.68 Å². The summed E-state index contributed by atoms with van der Waals surface area (Å²) in [4.78, 5) is 12.1. The molecule has 1 N–H and O–H groups in total. The number of anilines is 1. The van der Waals surface area contributed by atoms with Crippen molar-refractivity contribution in [2.75, 3.05) is 11.1 Å². The average Bonchev–Trinajstić information content (AvgIpc) is 3.14. The number of hydrogen-bond acceptors (Lipinski definition) is 6. The van der Waals surface area contributed by atoms with Crippen LogP contribution in [0.15, 0.2) is 5.16 Å². The minimum atomic E-state index is -0.0791. The van der Waals surface area contributed by atoms with Crippen LogP contribution in [0.25, 0.3) is 0 Å². The number of rotatable bonds is 5. The minimum absolute atomic E-state index is 0.0791. The van der Waals surface area contributed by atoms with Crippen LogP contribution in [0.5, 0.6) is 0 Å². The van der Waals surface area contributed by atoms with Gasteiger partial charge in [-0.05, 0) is 37.1 Å². The predicted molar refractivity (Wildman–Crippen MR) is 78.1 cm³/mol. The zero-order chi connectivity index (χ0) is 15.0. The second-order valence-electron chi connectivity index (χ2n) is 5.14. The van der Waals surface area contributed by atoms with E-state index in [1.54, 1.807) is 9.36 Å². The Morgan fingerprint density at radius 3 is 2.81 bits per heavy atom. The number of carbonyl (C=O) groups is 1. The van der Waals surface area contributed by atoms with Gasteiger partial charge in [-0.3, -0.25) is 9.48 Å². The van der Waals surface area contributed by atoms with Gasteiger partial charge in [0.15, 0.2) is 0 Å². The van der Waals surface area contributed by atoms with Crippen LogP contribution in [-0.2, 0) is 11.8 Å². The van der Waals surface area contributed by atoms with Crippen molar-refractivity contribution < 1.29 is 4.79 Å². The van der Waals surface area contributed by atoms with Crippen LogP contribution >= 0.6 is 11.8 Å². The van der Waals surface area contributed by atoms with Crippen molar-refractivity contribution in [2.45, 2.75) is 37.9 Å². The Labute approximate surface area is 126 Å². The van der Waals surface area contributed by atoms with Crippen molar-refractivity contribution in [3.63, 3.8) is 0 Å². The van der Waals surface area contributed by atoms with E-state index in [2.05, 4.69) is 25.9 Å². The van der Waals surface area contributed by atoms with Gasteiger partial charge in [0.1, 0.15) is 0 Å². The molecule has 2 aromatic rings. The molecule has 0 saturated heterocycles. The van der Waals surface area contributed by atoms with Gasteiger partial charge < -0.3 is 5.32 Å². The molecule has 0 aromatic carbocycles. The molecule has 0 atom stereocenters. The van der Waals surface area contributed by atoms with E-state index in [0.29, 0.717) is 11.2 Å². The number of aromatic nitrogens is 6. The number of hydrogen-bond donors (Lipinski definition) is 1. The van der Waals surface area contributed by atoms with Crippen molar-refractivity contribution in [3.8, 4) is 0 Å². The van der Waals surface area contributed by atoms with Gasteiger partial charge in [0, 0.05) is 7.05 Å². The van der Waals surface area contributed by atoms with Gasteiger partial charge in [-0.1, -0.05) is 11.8 Å². The first-order chi connectivity index (χ1) is 10.1. The molecule has 0 spiro atoms. The van der Waals surface area contributed by atoms with Gasteiger partial charge in [0.05, 0.1) is 28.9 Å². The van der Waals surface area contributed by atoms with Gasteiger partial charge in [-0.15, -0.1) is 5.10 Å². The fourth-order valence-electron chi connectivity index (χ4n) is 2.09. The van der Waals surface area contributed by atoms with Crippen LogP contribution in [-0.4, -0.2) is 41.6 Å². The first-order valence-corrected chi connectivity index (χ1v) is 7.75. The maximum Gasteiger partial charge on any atom is 0.234 e. The highest BCUT2D eigenvalue weighted by atomic mass is 32.2. The Morgan fingerprint density at radius 2 is 2.19 bits per heavy atom. The van der Waals surface area contributed by atoms with Gasteiger partial charge >= 0.3 is 0 Å². The minimum Gasteiger partial charge on any atom is -0.322 e. The molecule has 0 radical (unpaired) electrons. The highest BCUT2D eigenvalue weighted by Gasteiger charge is 2.28. The summed E-state index contributed by atoms with van der Waals surface area (Å²) in [5, 5.41) is 19.5. The van der Waals surface area contributed by atoms with Crippen molar-refractivity contribution in [2.24, 2.45) is 7.05 Å². The Morgan fingerprint density at radius 1 is 1.43 bits per heavy atom. The Bertz CT molecular complexity index is 673. The molecule has 21 heavy (non-hydrogen) atoms. The van der Waals surface area contributed by atoms with E-state index >= 15 is 0 Å². The van der Waals surface area contributed by atoms with E-state index < -0.39 is 0 Å². The summed E-state index contributed by atoms with van der Waals surface area (Å²) in [6.45, 7) is 3.81. The molecule has 1 amide bonds. The lowest BCUT2D eigenvalue weighted by atomic mass is 10.3. The first-order valence-electron chi connectivity index (χ1n) is 6.77. The van der Waals surface area contributed by atoms with E-state index in [0.717, 1.165) is 29.9 Å². The molecular formula is C12H17N7OS. The van der Waals surface area contributed by atoms with E-state index in [1.165, 1.54) is 11.8 Å². The Balaban J connectivity index is 1.60. The van der Waals surface area contributed by atoms with Crippen molar-refractivity contribution in [1.82, 2.24) is 30.0 Å². The lowest BCUT2D eigenvalue weighted by Crippen LogP contribution is -2.15. The molecule has 1 aliphatic carbocycles. The van der Waals surface area contributed by atoms with Crippen molar-refractivity contribution in [1.29, 1.82) is 0 Å². The molecule has 0 aliphatic heterocycles. The standard InChI is InChI=1S/C12H17N7OS/c1-7-11(8(2)18(3)15-7)13-10(20)6-21-12-14-16-17-19(12)9-4-5-9/h9H,4-6H2,1-3H3,(H,13,20). The molecule has 9 heteroatoms. The highest BCUT2D eigenvalue weighted by Crippen LogP contribution is 2.36. The maximum absolute atomic E-state index is 12.1. The SMILES string of the molecule is Cc1nn(C)c(C)c1NC(=O)CSc1nnnn1C1CC1.